The van der Waals surface area contributed by atoms with E-state index in [1.807, 2.05) is 11.3 Å². The molecule has 1 aromatic heterocycles. The molecule has 4 rings (SSSR count). The first kappa shape index (κ1) is 21.9. The smallest absolute Gasteiger partial charge is 0.0964 e. The summed E-state index contributed by atoms with van der Waals surface area (Å²) in [6.07, 6.45) is 4.72. The third-order valence-electron chi connectivity index (χ3n) is 7.33. The molecule has 1 fully saturated rings. The third-order valence-corrected chi connectivity index (χ3v) is 8.34. The van der Waals surface area contributed by atoms with Crippen molar-refractivity contribution >= 4 is 11.3 Å². The zero-order valence-corrected chi connectivity index (χ0v) is 19.8. The van der Waals surface area contributed by atoms with Gasteiger partial charge in [0, 0.05) is 29.4 Å². The Labute approximate surface area is 185 Å². The molecule has 1 aromatic carbocycles. The fraction of sp³-hybridized carbons (Fsp3) is 0.640. The maximum absolute atomic E-state index is 9.18. The van der Waals surface area contributed by atoms with Crippen molar-refractivity contribution in [3.05, 3.63) is 39.7 Å². The summed E-state index contributed by atoms with van der Waals surface area (Å²) in [6.45, 7) is 12.4. The number of aromatic nitrogens is 1. The van der Waals surface area contributed by atoms with Gasteiger partial charge in [-0.1, -0.05) is 39.8 Å². The molecule has 1 atom stereocenters. The summed E-state index contributed by atoms with van der Waals surface area (Å²) < 4.78 is 0. The molecular weight excluding hydrogens is 390 g/mol. The van der Waals surface area contributed by atoms with Crippen LogP contribution in [0.15, 0.2) is 23.6 Å². The molecule has 1 saturated heterocycles. The molecule has 1 aliphatic heterocycles. The SMILES string of the molecule is CC1(C)CCC(C)(C)c2cc(-c3csc(C4CCN(CC(N)CO)CC4)n3)ccc21. The molecule has 5 heteroatoms. The molecule has 164 valence electrons. The van der Waals surface area contributed by atoms with Crippen molar-refractivity contribution in [2.45, 2.75) is 76.2 Å². The Balaban J connectivity index is 1.50. The summed E-state index contributed by atoms with van der Waals surface area (Å²) in [5.74, 6) is 0.540. The standard InChI is InChI=1S/C25H37N3OS/c1-24(2)9-10-25(3,4)21-13-18(5-6-20(21)24)22-16-30-23(27-22)17-7-11-28(12-8-17)14-19(26)15-29/h5-6,13,16-17,19,29H,7-12,14-15,26H2,1-4H3. The summed E-state index contributed by atoms with van der Waals surface area (Å²) >= 11 is 1.81. The van der Waals surface area contributed by atoms with Crippen LogP contribution in [0, 0.1) is 0 Å². The summed E-state index contributed by atoms with van der Waals surface area (Å²) in [7, 11) is 0. The highest BCUT2D eigenvalue weighted by atomic mass is 32.1. The zero-order chi connectivity index (χ0) is 21.5. The minimum Gasteiger partial charge on any atom is -0.395 e. The summed E-state index contributed by atoms with van der Waals surface area (Å²) in [5, 5.41) is 12.7. The Bertz CT molecular complexity index is 880. The van der Waals surface area contributed by atoms with E-state index in [1.165, 1.54) is 34.5 Å². The molecule has 2 aliphatic rings. The lowest BCUT2D eigenvalue weighted by Crippen LogP contribution is -2.43. The summed E-state index contributed by atoms with van der Waals surface area (Å²) in [6, 6.07) is 6.91. The van der Waals surface area contributed by atoms with E-state index >= 15 is 0 Å². The molecule has 0 bridgehead atoms. The number of nitrogens with two attached hydrogens (primary N) is 1. The van der Waals surface area contributed by atoms with Gasteiger partial charge in [0.15, 0.2) is 0 Å². The number of hydrogen-bond donors (Lipinski definition) is 2. The van der Waals surface area contributed by atoms with Gasteiger partial charge in [-0.2, -0.15) is 0 Å². The molecule has 1 aliphatic carbocycles. The zero-order valence-electron chi connectivity index (χ0n) is 18.9. The minimum absolute atomic E-state index is 0.0601. The van der Waals surface area contributed by atoms with Crippen molar-refractivity contribution in [3.8, 4) is 11.3 Å². The number of benzene rings is 1. The number of aliphatic hydroxyl groups is 1. The minimum atomic E-state index is -0.133. The molecule has 0 spiro atoms. The first-order chi connectivity index (χ1) is 14.2. The second kappa shape index (κ2) is 8.34. The molecule has 3 N–H and O–H groups in total. The second-order valence-electron chi connectivity index (χ2n) is 10.6. The Morgan fingerprint density at radius 2 is 1.80 bits per heavy atom. The van der Waals surface area contributed by atoms with Gasteiger partial charge in [0.2, 0.25) is 0 Å². The topological polar surface area (TPSA) is 62.4 Å². The van der Waals surface area contributed by atoms with Gasteiger partial charge in [-0.15, -0.1) is 11.3 Å². The van der Waals surface area contributed by atoms with Crippen LogP contribution in [0.2, 0.25) is 0 Å². The van der Waals surface area contributed by atoms with Gasteiger partial charge in [-0.25, -0.2) is 4.98 Å². The van der Waals surface area contributed by atoms with Crippen molar-refractivity contribution in [2.75, 3.05) is 26.2 Å². The Morgan fingerprint density at radius 3 is 2.47 bits per heavy atom. The molecule has 0 amide bonds. The first-order valence-electron chi connectivity index (χ1n) is 11.4. The molecule has 2 aromatic rings. The third kappa shape index (κ3) is 4.36. The van der Waals surface area contributed by atoms with E-state index in [4.69, 9.17) is 10.7 Å². The average molecular weight is 428 g/mol. The predicted molar refractivity (Wildman–Crippen MR) is 126 cm³/mol. The van der Waals surface area contributed by atoms with E-state index in [9.17, 15) is 5.11 Å². The van der Waals surface area contributed by atoms with Crippen LogP contribution in [-0.2, 0) is 10.8 Å². The number of aliphatic hydroxyl groups excluding tert-OH is 1. The van der Waals surface area contributed by atoms with Gasteiger partial charge in [0.05, 0.1) is 17.3 Å². The van der Waals surface area contributed by atoms with Gasteiger partial charge in [-0.3, -0.25) is 0 Å². The van der Waals surface area contributed by atoms with Gasteiger partial charge >= 0.3 is 0 Å². The van der Waals surface area contributed by atoms with Crippen molar-refractivity contribution in [2.24, 2.45) is 5.73 Å². The van der Waals surface area contributed by atoms with E-state index < -0.39 is 0 Å². The molecule has 30 heavy (non-hydrogen) atoms. The highest BCUT2D eigenvalue weighted by Gasteiger charge is 2.37. The fourth-order valence-corrected chi connectivity index (χ4v) is 6.11. The van der Waals surface area contributed by atoms with E-state index in [-0.39, 0.29) is 23.5 Å². The van der Waals surface area contributed by atoms with Gasteiger partial charge in [-0.05, 0) is 66.8 Å². The quantitative estimate of drug-likeness (QED) is 0.729. The van der Waals surface area contributed by atoms with Crippen LogP contribution < -0.4 is 5.73 Å². The molecule has 0 saturated carbocycles. The van der Waals surface area contributed by atoms with Crippen LogP contribution in [0.1, 0.15) is 75.4 Å². The Morgan fingerprint density at radius 1 is 1.13 bits per heavy atom. The van der Waals surface area contributed by atoms with Gasteiger partial charge in [0.25, 0.3) is 0 Å². The van der Waals surface area contributed by atoms with E-state index in [1.54, 1.807) is 0 Å². The Hall–Kier alpha value is -1.27. The normalized spacial score (nSPS) is 22.6. The number of thiazole rings is 1. The molecule has 4 nitrogen and oxygen atoms in total. The number of piperidine rings is 1. The fourth-order valence-electron chi connectivity index (χ4n) is 5.11. The summed E-state index contributed by atoms with van der Waals surface area (Å²) in [4.78, 5) is 7.45. The van der Waals surface area contributed by atoms with E-state index in [0.717, 1.165) is 38.2 Å². The number of rotatable bonds is 5. The summed E-state index contributed by atoms with van der Waals surface area (Å²) in [5.41, 5.74) is 11.8. The monoisotopic (exact) mass is 427 g/mol. The number of likely N-dealkylation sites (tertiary alicyclic amines) is 1. The largest absolute Gasteiger partial charge is 0.395 e. The maximum Gasteiger partial charge on any atom is 0.0964 e. The van der Waals surface area contributed by atoms with E-state index in [0.29, 0.717) is 5.92 Å². The van der Waals surface area contributed by atoms with E-state index in [2.05, 4.69) is 56.2 Å². The van der Waals surface area contributed by atoms with Crippen LogP contribution in [0.25, 0.3) is 11.3 Å². The number of hydrogen-bond acceptors (Lipinski definition) is 5. The number of nitrogens with zero attached hydrogens (tertiary/aromatic N) is 2. The lowest BCUT2D eigenvalue weighted by Gasteiger charge is -2.42. The number of fused-ring (bicyclic) bond motifs is 1. The van der Waals surface area contributed by atoms with Crippen molar-refractivity contribution in [3.63, 3.8) is 0 Å². The second-order valence-corrected chi connectivity index (χ2v) is 11.5. The van der Waals surface area contributed by atoms with Gasteiger partial charge in [0.1, 0.15) is 0 Å². The lowest BCUT2D eigenvalue weighted by atomic mass is 9.63. The van der Waals surface area contributed by atoms with Crippen LogP contribution in [0.5, 0.6) is 0 Å². The van der Waals surface area contributed by atoms with Crippen molar-refractivity contribution in [1.29, 1.82) is 0 Å². The van der Waals surface area contributed by atoms with Crippen molar-refractivity contribution < 1.29 is 5.11 Å². The molecule has 1 unspecified atom stereocenters. The van der Waals surface area contributed by atoms with Crippen LogP contribution in [0.3, 0.4) is 0 Å². The van der Waals surface area contributed by atoms with Crippen LogP contribution in [0.4, 0.5) is 0 Å². The average Bonchev–Trinajstić information content (AvgIpc) is 3.22. The van der Waals surface area contributed by atoms with Gasteiger partial charge < -0.3 is 15.7 Å². The molecule has 0 radical (unpaired) electrons. The highest BCUT2D eigenvalue weighted by Crippen LogP contribution is 2.47. The van der Waals surface area contributed by atoms with Crippen LogP contribution >= 0.6 is 11.3 Å². The molecular formula is C25H37N3OS. The highest BCUT2D eigenvalue weighted by molar-refractivity contribution is 7.10. The van der Waals surface area contributed by atoms with Crippen molar-refractivity contribution in [1.82, 2.24) is 9.88 Å². The Kier molecular flexibility index (Phi) is 6.10. The van der Waals surface area contributed by atoms with Crippen LogP contribution in [-0.4, -0.2) is 47.3 Å². The first-order valence-corrected chi connectivity index (χ1v) is 12.3. The predicted octanol–water partition coefficient (Wildman–Crippen LogP) is 4.66. The maximum atomic E-state index is 9.18. The lowest BCUT2D eigenvalue weighted by molar-refractivity contribution is 0.171. The molecule has 2 heterocycles.